The van der Waals surface area contributed by atoms with Crippen molar-refractivity contribution >= 4 is 0 Å². The van der Waals surface area contributed by atoms with Crippen molar-refractivity contribution in [3.63, 3.8) is 0 Å². The summed E-state index contributed by atoms with van der Waals surface area (Å²) in [4.78, 5) is 2.58. The maximum Gasteiger partial charge on any atom is 0.161 e. The molecule has 1 saturated carbocycles. The van der Waals surface area contributed by atoms with E-state index in [1.165, 1.54) is 23.1 Å². The first-order valence-corrected chi connectivity index (χ1v) is 12.7. The number of ether oxygens (including phenoxy) is 3. The van der Waals surface area contributed by atoms with Gasteiger partial charge in [-0.1, -0.05) is 43.7 Å². The molecule has 0 spiro atoms. The Morgan fingerprint density at radius 2 is 1.74 bits per heavy atom. The van der Waals surface area contributed by atoms with Gasteiger partial charge in [-0.15, -0.1) is 0 Å². The van der Waals surface area contributed by atoms with Gasteiger partial charge in [0.15, 0.2) is 11.5 Å². The van der Waals surface area contributed by atoms with Crippen molar-refractivity contribution in [2.75, 3.05) is 27.4 Å². The first kappa shape index (κ1) is 25.0. The van der Waals surface area contributed by atoms with Gasteiger partial charge in [0.25, 0.3) is 0 Å². The molecule has 0 bridgehead atoms. The average molecular weight is 468 g/mol. The number of aliphatic hydroxyl groups excluding tert-OH is 1. The predicted octanol–water partition coefficient (Wildman–Crippen LogP) is 5.40. The molecule has 34 heavy (non-hydrogen) atoms. The molecule has 186 valence electrons. The third kappa shape index (κ3) is 5.12. The van der Waals surface area contributed by atoms with Crippen LogP contribution < -0.4 is 9.47 Å². The van der Waals surface area contributed by atoms with Crippen LogP contribution in [0.1, 0.15) is 62.8 Å². The molecule has 4 rings (SSSR count). The molecule has 2 aliphatic rings. The Labute approximate surface area is 205 Å². The average Bonchev–Trinajstić information content (AvgIpc) is 2.83. The van der Waals surface area contributed by atoms with Gasteiger partial charge in [-0.3, -0.25) is 4.90 Å². The molecule has 4 atom stereocenters. The standard InChI is InChI=1S/C29H41NO4/c1-20-11-12-24(26(31)15-20)29(2,3)30-14-13-22-16-27(32-4)28(33-5)17-23(22)25(30)19-34-18-21-9-7-6-8-10-21/h6-10,16-17,20,24-26,31H,11-15,18-19H2,1-5H3/t20-,24-,25+,26-/m0/s1. The summed E-state index contributed by atoms with van der Waals surface area (Å²) in [5, 5.41) is 11.1. The highest BCUT2D eigenvalue weighted by Gasteiger charge is 2.46. The van der Waals surface area contributed by atoms with Crippen LogP contribution in [0.4, 0.5) is 0 Å². The van der Waals surface area contributed by atoms with Crippen molar-refractivity contribution in [1.29, 1.82) is 0 Å². The van der Waals surface area contributed by atoms with Gasteiger partial charge in [-0.05, 0) is 67.9 Å². The Hall–Kier alpha value is -2.08. The smallest absolute Gasteiger partial charge is 0.161 e. The van der Waals surface area contributed by atoms with Crippen molar-refractivity contribution < 1.29 is 19.3 Å². The third-order valence-electron chi connectivity index (χ3n) is 8.12. The lowest BCUT2D eigenvalue weighted by Gasteiger charge is -2.53. The summed E-state index contributed by atoms with van der Waals surface area (Å²) in [5.74, 6) is 2.35. The van der Waals surface area contributed by atoms with Crippen molar-refractivity contribution in [1.82, 2.24) is 4.90 Å². The normalized spacial score (nSPS) is 25.6. The fraction of sp³-hybridized carbons (Fsp3) is 0.586. The number of benzene rings is 2. The zero-order chi connectivity index (χ0) is 24.3. The van der Waals surface area contributed by atoms with E-state index in [1.54, 1.807) is 14.2 Å². The summed E-state index contributed by atoms with van der Waals surface area (Å²) >= 11 is 0. The molecule has 2 aromatic carbocycles. The van der Waals surface area contributed by atoms with Crippen LogP contribution in [0, 0.1) is 11.8 Å². The van der Waals surface area contributed by atoms with Crippen LogP contribution in [0.3, 0.4) is 0 Å². The van der Waals surface area contributed by atoms with E-state index in [1.807, 2.05) is 18.2 Å². The summed E-state index contributed by atoms with van der Waals surface area (Å²) in [6, 6.07) is 14.7. The molecular formula is C29H41NO4. The zero-order valence-electron chi connectivity index (χ0n) is 21.4. The number of fused-ring (bicyclic) bond motifs is 1. The molecule has 0 aromatic heterocycles. The molecule has 1 heterocycles. The van der Waals surface area contributed by atoms with Crippen molar-refractivity contribution in [2.45, 2.75) is 70.7 Å². The largest absolute Gasteiger partial charge is 0.493 e. The highest BCUT2D eigenvalue weighted by Crippen LogP contribution is 2.45. The van der Waals surface area contributed by atoms with E-state index >= 15 is 0 Å². The molecule has 1 N–H and O–H groups in total. The van der Waals surface area contributed by atoms with E-state index in [4.69, 9.17) is 14.2 Å². The summed E-state index contributed by atoms with van der Waals surface area (Å²) in [6.45, 7) is 8.97. The first-order valence-electron chi connectivity index (χ1n) is 12.7. The molecule has 0 unspecified atom stereocenters. The first-order chi connectivity index (χ1) is 16.3. The second-order valence-corrected chi connectivity index (χ2v) is 10.6. The fourth-order valence-corrected chi connectivity index (χ4v) is 6.15. The molecule has 5 nitrogen and oxygen atoms in total. The number of hydrogen-bond donors (Lipinski definition) is 1. The monoisotopic (exact) mass is 467 g/mol. The van der Waals surface area contributed by atoms with E-state index in [9.17, 15) is 5.11 Å². The Bertz CT molecular complexity index is 945. The van der Waals surface area contributed by atoms with Crippen LogP contribution in [-0.4, -0.2) is 49.0 Å². The molecule has 0 radical (unpaired) electrons. The lowest BCUT2D eigenvalue weighted by atomic mass is 9.70. The number of aliphatic hydroxyl groups is 1. The van der Waals surface area contributed by atoms with Crippen LogP contribution in [-0.2, 0) is 17.8 Å². The molecule has 1 fully saturated rings. The maximum absolute atomic E-state index is 11.1. The van der Waals surface area contributed by atoms with E-state index in [-0.39, 0.29) is 23.6 Å². The van der Waals surface area contributed by atoms with Crippen LogP contribution >= 0.6 is 0 Å². The Kier molecular flexibility index (Phi) is 7.86. The third-order valence-corrected chi connectivity index (χ3v) is 8.12. The van der Waals surface area contributed by atoms with Crippen molar-refractivity contribution in [3.8, 4) is 11.5 Å². The second kappa shape index (κ2) is 10.7. The van der Waals surface area contributed by atoms with Crippen LogP contribution in [0.5, 0.6) is 11.5 Å². The molecule has 0 amide bonds. The van der Waals surface area contributed by atoms with E-state index < -0.39 is 0 Å². The minimum atomic E-state index is -0.267. The van der Waals surface area contributed by atoms with Gasteiger partial charge in [0.1, 0.15) is 0 Å². The van der Waals surface area contributed by atoms with Gasteiger partial charge in [0.2, 0.25) is 0 Å². The van der Waals surface area contributed by atoms with E-state index in [2.05, 4.69) is 49.9 Å². The number of hydrogen-bond acceptors (Lipinski definition) is 5. The van der Waals surface area contributed by atoms with Gasteiger partial charge >= 0.3 is 0 Å². The molecule has 5 heteroatoms. The minimum absolute atomic E-state index is 0.0776. The van der Waals surface area contributed by atoms with E-state index in [0.717, 1.165) is 37.3 Å². The summed E-state index contributed by atoms with van der Waals surface area (Å²) < 4.78 is 17.6. The number of methoxy groups -OCH3 is 2. The van der Waals surface area contributed by atoms with Crippen LogP contribution in [0.25, 0.3) is 0 Å². The highest BCUT2D eigenvalue weighted by molar-refractivity contribution is 5.49. The van der Waals surface area contributed by atoms with Crippen LogP contribution in [0.15, 0.2) is 42.5 Å². The van der Waals surface area contributed by atoms with Gasteiger partial charge in [0, 0.05) is 18.0 Å². The Morgan fingerprint density at radius 1 is 1.03 bits per heavy atom. The molecule has 0 saturated heterocycles. The SMILES string of the molecule is COc1cc2c(cc1OC)[C@@H](COCc1ccccc1)N(C(C)(C)[C@H]1CC[C@H](C)C[C@@H]1O)CC2. The lowest BCUT2D eigenvalue weighted by Crippen LogP contribution is -2.57. The minimum Gasteiger partial charge on any atom is -0.493 e. The predicted molar refractivity (Wildman–Crippen MR) is 135 cm³/mol. The topological polar surface area (TPSA) is 51.2 Å². The zero-order valence-corrected chi connectivity index (χ0v) is 21.4. The van der Waals surface area contributed by atoms with Crippen molar-refractivity contribution in [2.24, 2.45) is 11.8 Å². The second-order valence-electron chi connectivity index (χ2n) is 10.6. The Balaban J connectivity index is 1.64. The van der Waals surface area contributed by atoms with Gasteiger partial charge < -0.3 is 19.3 Å². The fourth-order valence-electron chi connectivity index (χ4n) is 6.15. The van der Waals surface area contributed by atoms with Gasteiger partial charge in [-0.25, -0.2) is 0 Å². The lowest BCUT2D eigenvalue weighted by molar-refractivity contribution is -0.0790. The quantitative estimate of drug-likeness (QED) is 0.564. The summed E-state index contributed by atoms with van der Waals surface area (Å²) in [7, 11) is 3.38. The van der Waals surface area contributed by atoms with Crippen LogP contribution in [0.2, 0.25) is 0 Å². The maximum atomic E-state index is 11.1. The molecule has 2 aromatic rings. The van der Waals surface area contributed by atoms with E-state index in [0.29, 0.717) is 19.1 Å². The van der Waals surface area contributed by atoms with Crippen molar-refractivity contribution in [3.05, 3.63) is 59.2 Å². The molecule has 1 aliphatic carbocycles. The number of rotatable bonds is 8. The summed E-state index contributed by atoms with van der Waals surface area (Å²) in [5.41, 5.74) is 3.54. The molecular weight excluding hydrogens is 426 g/mol. The summed E-state index contributed by atoms with van der Waals surface area (Å²) in [6.07, 6.45) is 3.79. The Morgan fingerprint density at radius 3 is 2.41 bits per heavy atom. The van der Waals surface area contributed by atoms with Gasteiger partial charge in [0.05, 0.1) is 39.6 Å². The number of nitrogens with zero attached hydrogens (tertiary/aromatic N) is 1. The van der Waals surface area contributed by atoms with Gasteiger partial charge in [-0.2, -0.15) is 0 Å². The highest BCUT2D eigenvalue weighted by atomic mass is 16.5. The molecule has 1 aliphatic heterocycles.